The Morgan fingerprint density at radius 3 is 2.25 bits per heavy atom. The van der Waals surface area contributed by atoms with Crippen LogP contribution in [0.5, 0.6) is 0 Å². The molecule has 3 aliphatic rings. The van der Waals surface area contributed by atoms with E-state index in [1.807, 2.05) is 0 Å². The van der Waals surface area contributed by atoms with Gasteiger partial charge in [-0.05, 0) is 51.0 Å². The summed E-state index contributed by atoms with van der Waals surface area (Å²) in [6.07, 6.45) is 5.95. The molecule has 3 rings (SSSR count). The molecule has 2 saturated heterocycles. The van der Waals surface area contributed by atoms with E-state index in [1.165, 1.54) is 12.8 Å². The van der Waals surface area contributed by atoms with Gasteiger partial charge in [-0.15, -0.1) is 0 Å². The summed E-state index contributed by atoms with van der Waals surface area (Å²) >= 11 is 0. The number of hydrogen-bond donors (Lipinski definition) is 1. The van der Waals surface area contributed by atoms with E-state index in [0.717, 1.165) is 25.4 Å². The third-order valence-corrected chi connectivity index (χ3v) is 7.19. The molecule has 1 N–H and O–H groups in total. The molecule has 0 bridgehead atoms. The van der Waals surface area contributed by atoms with Gasteiger partial charge in [0.1, 0.15) is 0 Å². The Morgan fingerprint density at radius 1 is 1.00 bits per heavy atom. The van der Waals surface area contributed by atoms with Crippen LogP contribution < -0.4 is 5.32 Å². The highest BCUT2D eigenvalue weighted by molar-refractivity contribution is 7.89. The Labute approximate surface area is 122 Å². The molecule has 116 valence electrons. The van der Waals surface area contributed by atoms with Crippen molar-refractivity contribution in [2.24, 2.45) is 5.92 Å². The lowest BCUT2D eigenvalue weighted by atomic mass is 9.98. The molecule has 0 atom stereocenters. The van der Waals surface area contributed by atoms with E-state index in [-0.39, 0.29) is 5.25 Å². The highest BCUT2D eigenvalue weighted by atomic mass is 32.2. The van der Waals surface area contributed by atoms with Crippen molar-refractivity contribution in [3.8, 4) is 0 Å². The molecular weight excluding hydrogens is 276 g/mol. The average molecular weight is 302 g/mol. The molecular formula is C14H26N2O3S. The van der Waals surface area contributed by atoms with Crippen molar-refractivity contribution in [2.75, 3.05) is 32.8 Å². The van der Waals surface area contributed by atoms with Crippen LogP contribution in [0.1, 0.15) is 38.5 Å². The van der Waals surface area contributed by atoms with E-state index in [4.69, 9.17) is 4.74 Å². The van der Waals surface area contributed by atoms with Crippen molar-refractivity contribution < 1.29 is 13.2 Å². The largest absolute Gasteiger partial charge is 0.381 e. The number of rotatable bonds is 5. The standard InChI is InChI=1S/C14H26N2O3S/c17-20(18,14-5-9-19-10-6-14)16-7-3-12(4-8-16)11-15-13-1-2-13/h12-15H,1-11H2. The van der Waals surface area contributed by atoms with Crippen LogP contribution >= 0.6 is 0 Å². The van der Waals surface area contributed by atoms with Crippen LogP contribution in [-0.4, -0.2) is 56.9 Å². The molecule has 0 spiro atoms. The van der Waals surface area contributed by atoms with Crippen LogP contribution in [0.25, 0.3) is 0 Å². The molecule has 0 unspecified atom stereocenters. The third-order valence-electron chi connectivity index (χ3n) is 4.80. The molecule has 1 saturated carbocycles. The molecule has 6 heteroatoms. The second-order valence-corrected chi connectivity index (χ2v) is 8.59. The van der Waals surface area contributed by atoms with Gasteiger partial charge in [0.15, 0.2) is 0 Å². The first-order valence-electron chi connectivity index (χ1n) is 7.96. The van der Waals surface area contributed by atoms with Gasteiger partial charge in [0.05, 0.1) is 5.25 Å². The average Bonchev–Trinajstić information content (AvgIpc) is 3.31. The summed E-state index contributed by atoms with van der Waals surface area (Å²) in [6.45, 7) is 3.65. The first kappa shape index (κ1) is 14.8. The van der Waals surface area contributed by atoms with Crippen LogP contribution in [0.2, 0.25) is 0 Å². The minimum Gasteiger partial charge on any atom is -0.381 e. The van der Waals surface area contributed by atoms with E-state index >= 15 is 0 Å². The van der Waals surface area contributed by atoms with Crippen molar-refractivity contribution in [3.05, 3.63) is 0 Å². The molecule has 3 fully saturated rings. The normalized spacial score (nSPS) is 27.8. The van der Waals surface area contributed by atoms with Gasteiger partial charge in [-0.1, -0.05) is 0 Å². The number of sulfonamides is 1. The fraction of sp³-hybridized carbons (Fsp3) is 1.00. The molecule has 5 nitrogen and oxygen atoms in total. The molecule has 2 heterocycles. The highest BCUT2D eigenvalue weighted by Gasteiger charge is 2.35. The Balaban J connectivity index is 1.48. The summed E-state index contributed by atoms with van der Waals surface area (Å²) in [6, 6.07) is 0.749. The van der Waals surface area contributed by atoms with Gasteiger partial charge in [-0.25, -0.2) is 12.7 Å². The van der Waals surface area contributed by atoms with E-state index in [2.05, 4.69) is 5.32 Å². The quantitative estimate of drug-likeness (QED) is 0.822. The molecule has 1 aliphatic carbocycles. The maximum absolute atomic E-state index is 12.6. The lowest BCUT2D eigenvalue weighted by Gasteiger charge is -2.34. The van der Waals surface area contributed by atoms with E-state index < -0.39 is 10.0 Å². The zero-order valence-electron chi connectivity index (χ0n) is 12.1. The van der Waals surface area contributed by atoms with Crippen LogP contribution in [0.4, 0.5) is 0 Å². The SMILES string of the molecule is O=S(=O)(C1CCOCC1)N1CCC(CNC2CC2)CC1. The Morgan fingerprint density at radius 2 is 1.65 bits per heavy atom. The van der Waals surface area contributed by atoms with Crippen molar-refractivity contribution >= 4 is 10.0 Å². The fourth-order valence-electron chi connectivity index (χ4n) is 3.17. The second-order valence-electron chi connectivity index (χ2n) is 6.38. The summed E-state index contributed by atoms with van der Waals surface area (Å²) in [7, 11) is -3.09. The van der Waals surface area contributed by atoms with E-state index in [0.29, 0.717) is 45.1 Å². The van der Waals surface area contributed by atoms with Crippen LogP contribution in [0, 0.1) is 5.92 Å². The third kappa shape index (κ3) is 3.53. The summed E-state index contributed by atoms with van der Waals surface area (Å²) < 4.78 is 32.2. The molecule has 0 radical (unpaired) electrons. The summed E-state index contributed by atoms with van der Waals surface area (Å²) in [5.74, 6) is 0.650. The van der Waals surface area contributed by atoms with Gasteiger partial charge in [-0.2, -0.15) is 0 Å². The monoisotopic (exact) mass is 302 g/mol. The Bertz CT molecular complexity index is 408. The predicted molar refractivity (Wildman–Crippen MR) is 78.1 cm³/mol. The maximum atomic E-state index is 12.6. The van der Waals surface area contributed by atoms with Gasteiger partial charge in [-0.3, -0.25) is 0 Å². The summed E-state index contributed by atoms with van der Waals surface area (Å²) in [5, 5.41) is 3.35. The second kappa shape index (κ2) is 6.30. The van der Waals surface area contributed by atoms with Gasteiger partial charge in [0.25, 0.3) is 0 Å². The summed E-state index contributed by atoms with van der Waals surface area (Å²) in [5.41, 5.74) is 0. The van der Waals surface area contributed by atoms with E-state index in [1.54, 1.807) is 4.31 Å². The molecule has 20 heavy (non-hydrogen) atoms. The minimum atomic E-state index is -3.09. The van der Waals surface area contributed by atoms with Crippen LogP contribution in [-0.2, 0) is 14.8 Å². The zero-order chi connectivity index (χ0) is 14.0. The smallest absolute Gasteiger partial charge is 0.217 e. The highest BCUT2D eigenvalue weighted by Crippen LogP contribution is 2.26. The van der Waals surface area contributed by atoms with Crippen molar-refractivity contribution in [1.29, 1.82) is 0 Å². The zero-order valence-corrected chi connectivity index (χ0v) is 12.9. The number of ether oxygens (including phenoxy) is 1. The van der Waals surface area contributed by atoms with Gasteiger partial charge < -0.3 is 10.1 Å². The first-order valence-corrected chi connectivity index (χ1v) is 9.46. The number of nitrogens with zero attached hydrogens (tertiary/aromatic N) is 1. The number of nitrogens with one attached hydrogen (secondary N) is 1. The van der Waals surface area contributed by atoms with E-state index in [9.17, 15) is 8.42 Å². The van der Waals surface area contributed by atoms with Crippen LogP contribution in [0.3, 0.4) is 0 Å². The maximum Gasteiger partial charge on any atom is 0.217 e. The van der Waals surface area contributed by atoms with Crippen molar-refractivity contribution in [2.45, 2.75) is 49.8 Å². The molecule has 0 amide bonds. The first-order chi connectivity index (χ1) is 9.66. The minimum absolute atomic E-state index is 0.211. The lowest BCUT2D eigenvalue weighted by molar-refractivity contribution is 0.0967. The Hall–Kier alpha value is -0.170. The van der Waals surface area contributed by atoms with Crippen molar-refractivity contribution in [1.82, 2.24) is 9.62 Å². The predicted octanol–water partition coefficient (Wildman–Crippen LogP) is 0.959. The molecule has 0 aromatic carbocycles. The fourth-order valence-corrected chi connectivity index (χ4v) is 5.10. The molecule has 2 aliphatic heterocycles. The van der Waals surface area contributed by atoms with Gasteiger partial charge in [0.2, 0.25) is 10.0 Å². The lowest BCUT2D eigenvalue weighted by Crippen LogP contribution is -2.46. The number of piperidine rings is 1. The van der Waals surface area contributed by atoms with Gasteiger partial charge in [0, 0.05) is 32.3 Å². The molecule has 0 aromatic rings. The Kier molecular flexibility index (Phi) is 4.65. The topological polar surface area (TPSA) is 58.6 Å². The summed E-state index contributed by atoms with van der Waals surface area (Å²) in [4.78, 5) is 0. The molecule has 0 aromatic heterocycles. The van der Waals surface area contributed by atoms with Gasteiger partial charge >= 0.3 is 0 Å². The van der Waals surface area contributed by atoms with Crippen LogP contribution in [0.15, 0.2) is 0 Å². The van der Waals surface area contributed by atoms with Crippen molar-refractivity contribution in [3.63, 3.8) is 0 Å². The number of hydrogen-bond acceptors (Lipinski definition) is 4.